The summed E-state index contributed by atoms with van der Waals surface area (Å²) in [5, 5.41) is 2.88. The van der Waals surface area contributed by atoms with Gasteiger partial charge in [0.25, 0.3) is 0 Å². The van der Waals surface area contributed by atoms with E-state index in [4.69, 9.17) is 0 Å². The van der Waals surface area contributed by atoms with Gasteiger partial charge in [-0.3, -0.25) is 4.79 Å². The number of carbonyl (C=O) groups is 1. The number of hydrogen-bond acceptors (Lipinski definition) is 4. The molecule has 0 radical (unpaired) electrons. The van der Waals surface area contributed by atoms with Gasteiger partial charge < -0.3 is 5.32 Å². The lowest BCUT2D eigenvalue weighted by molar-refractivity contribution is 0.0959. The fourth-order valence-corrected chi connectivity index (χ4v) is 1.31. The Kier molecular flexibility index (Phi) is 2.73. The summed E-state index contributed by atoms with van der Waals surface area (Å²) in [5.74, 6) is 0.106. The van der Waals surface area contributed by atoms with E-state index < -0.39 is 0 Å². The minimum absolute atomic E-state index is 0.106. The third kappa shape index (κ3) is 1.85. The second kappa shape index (κ2) is 3.59. The number of likely N-dealkylation sites (N-methyl/N-ethyl adjacent to an activating group) is 1. The molecule has 0 aliphatic carbocycles. The number of ketones is 1. The lowest BCUT2D eigenvalue weighted by Gasteiger charge is -2.05. The Morgan fingerprint density at radius 2 is 2.55 bits per heavy atom. The standard InChI is InChI=1S/C7H10N2OS/c1-5(8-2)7(10)6-3-4-9-11-6/h3-5,8H,1-2H3/t5-/m0/s1. The molecule has 0 unspecified atom stereocenters. The molecule has 1 rings (SSSR count). The molecule has 0 saturated carbocycles. The molecule has 0 bridgehead atoms. The first-order valence-electron chi connectivity index (χ1n) is 3.38. The Balaban J connectivity index is 2.70. The van der Waals surface area contributed by atoms with Crippen LogP contribution in [-0.2, 0) is 0 Å². The van der Waals surface area contributed by atoms with E-state index in [0.717, 1.165) is 0 Å². The molecule has 1 atom stereocenters. The molecule has 0 spiro atoms. The van der Waals surface area contributed by atoms with Crippen LogP contribution in [0.1, 0.15) is 16.6 Å². The van der Waals surface area contributed by atoms with Crippen molar-refractivity contribution in [1.82, 2.24) is 9.69 Å². The molecule has 0 fully saturated rings. The Bertz CT molecular complexity index is 233. The van der Waals surface area contributed by atoms with Crippen molar-refractivity contribution in [2.45, 2.75) is 13.0 Å². The Morgan fingerprint density at radius 3 is 3.00 bits per heavy atom. The topological polar surface area (TPSA) is 42.0 Å². The molecular weight excluding hydrogens is 160 g/mol. The van der Waals surface area contributed by atoms with Gasteiger partial charge in [-0.1, -0.05) is 0 Å². The van der Waals surface area contributed by atoms with Gasteiger partial charge in [-0.15, -0.1) is 0 Å². The van der Waals surface area contributed by atoms with Crippen LogP contribution in [0.3, 0.4) is 0 Å². The molecule has 11 heavy (non-hydrogen) atoms. The summed E-state index contributed by atoms with van der Waals surface area (Å²) in [6.07, 6.45) is 1.64. The molecule has 60 valence electrons. The molecule has 1 aromatic rings. The summed E-state index contributed by atoms with van der Waals surface area (Å²) < 4.78 is 3.85. The Hall–Kier alpha value is -0.740. The van der Waals surface area contributed by atoms with Crippen LogP contribution in [0.15, 0.2) is 12.3 Å². The van der Waals surface area contributed by atoms with E-state index >= 15 is 0 Å². The molecule has 0 aliphatic heterocycles. The number of carbonyl (C=O) groups excluding carboxylic acids is 1. The summed E-state index contributed by atoms with van der Waals surface area (Å²) in [6.45, 7) is 1.84. The third-order valence-electron chi connectivity index (χ3n) is 1.51. The second-order valence-electron chi connectivity index (χ2n) is 2.25. The fraction of sp³-hybridized carbons (Fsp3) is 0.429. The smallest absolute Gasteiger partial charge is 0.190 e. The quantitative estimate of drug-likeness (QED) is 0.686. The van der Waals surface area contributed by atoms with Crippen molar-refractivity contribution in [2.24, 2.45) is 0 Å². The van der Waals surface area contributed by atoms with E-state index in [-0.39, 0.29) is 11.8 Å². The predicted molar refractivity (Wildman–Crippen MR) is 45.0 cm³/mol. The van der Waals surface area contributed by atoms with Crippen LogP contribution in [-0.4, -0.2) is 23.2 Å². The van der Waals surface area contributed by atoms with Gasteiger partial charge in [0.15, 0.2) is 5.78 Å². The van der Waals surface area contributed by atoms with Crippen LogP contribution < -0.4 is 5.32 Å². The monoisotopic (exact) mass is 170 g/mol. The van der Waals surface area contributed by atoms with Crippen LogP contribution in [0, 0.1) is 0 Å². The van der Waals surface area contributed by atoms with Gasteiger partial charge in [-0.05, 0) is 31.6 Å². The zero-order valence-corrected chi connectivity index (χ0v) is 7.31. The average Bonchev–Trinajstić information content (AvgIpc) is 2.53. The second-order valence-corrected chi connectivity index (χ2v) is 3.08. The van der Waals surface area contributed by atoms with Crippen molar-refractivity contribution in [3.8, 4) is 0 Å². The lowest BCUT2D eigenvalue weighted by atomic mass is 10.2. The first-order chi connectivity index (χ1) is 5.25. The van der Waals surface area contributed by atoms with Gasteiger partial charge in [0.05, 0.1) is 10.9 Å². The van der Waals surface area contributed by atoms with Gasteiger partial charge in [0.2, 0.25) is 0 Å². The molecule has 0 amide bonds. The van der Waals surface area contributed by atoms with Crippen molar-refractivity contribution >= 4 is 17.3 Å². The highest BCUT2D eigenvalue weighted by molar-refractivity contribution is 7.08. The van der Waals surface area contributed by atoms with E-state index in [1.165, 1.54) is 11.5 Å². The van der Waals surface area contributed by atoms with Gasteiger partial charge in [-0.25, -0.2) is 4.37 Å². The third-order valence-corrected chi connectivity index (χ3v) is 2.27. The molecule has 0 saturated heterocycles. The number of nitrogens with zero attached hydrogens (tertiary/aromatic N) is 1. The number of rotatable bonds is 3. The zero-order chi connectivity index (χ0) is 8.27. The van der Waals surface area contributed by atoms with E-state index in [0.29, 0.717) is 4.88 Å². The van der Waals surface area contributed by atoms with Crippen LogP contribution in [0.5, 0.6) is 0 Å². The molecule has 1 heterocycles. The first-order valence-corrected chi connectivity index (χ1v) is 4.15. The molecule has 1 N–H and O–H groups in total. The first kappa shape index (κ1) is 8.36. The SMILES string of the molecule is CN[C@@H](C)C(=O)c1ccns1. The van der Waals surface area contributed by atoms with Gasteiger partial charge in [-0.2, -0.15) is 0 Å². The van der Waals surface area contributed by atoms with Gasteiger partial charge in [0, 0.05) is 6.20 Å². The summed E-state index contributed by atoms with van der Waals surface area (Å²) in [7, 11) is 1.77. The molecule has 0 aliphatic rings. The van der Waals surface area contributed by atoms with Gasteiger partial charge in [0.1, 0.15) is 0 Å². The highest BCUT2D eigenvalue weighted by Gasteiger charge is 2.13. The van der Waals surface area contributed by atoms with E-state index in [1.54, 1.807) is 19.3 Å². The van der Waals surface area contributed by atoms with Crippen LogP contribution in [0.25, 0.3) is 0 Å². The molecule has 3 nitrogen and oxygen atoms in total. The van der Waals surface area contributed by atoms with E-state index in [1.807, 2.05) is 6.92 Å². The largest absolute Gasteiger partial charge is 0.310 e. The molecule has 1 aromatic heterocycles. The maximum Gasteiger partial charge on any atom is 0.190 e. The normalized spacial score (nSPS) is 12.9. The Morgan fingerprint density at radius 1 is 1.82 bits per heavy atom. The van der Waals surface area contributed by atoms with Crippen molar-refractivity contribution in [2.75, 3.05) is 7.05 Å². The molecule has 0 aromatic carbocycles. The van der Waals surface area contributed by atoms with Crippen LogP contribution in [0.2, 0.25) is 0 Å². The van der Waals surface area contributed by atoms with Crippen LogP contribution in [0.4, 0.5) is 0 Å². The highest BCUT2D eigenvalue weighted by atomic mass is 32.1. The summed E-state index contributed by atoms with van der Waals surface area (Å²) in [5.41, 5.74) is 0. The van der Waals surface area contributed by atoms with Crippen molar-refractivity contribution < 1.29 is 4.79 Å². The van der Waals surface area contributed by atoms with Crippen LogP contribution >= 0.6 is 11.5 Å². The van der Waals surface area contributed by atoms with E-state index in [9.17, 15) is 4.79 Å². The maximum absolute atomic E-state index is 11.3. The summed E-state index contributed by atoms with van der Waals surface area (Å²) in [4.78, 5) is 12.1. The number of Topliss-reactive ketones (excluding diaryl/α,β-unsaturated/α-hetero) is 1. The fourth-order valence-electron chi connectivity index (χ4n) is 0.687. The Labute approximate surface area is 69.6 Å². The number of hydrogen-bond donors (Lipinski definition) is 1. The summed E-state index contributed by atoms with van der Waals surface area (Å²) >= 11 is 1.24. The van der Waals surface area contributed by atoms with Crippen molar-refractivity contribution in [3.63, 3.8) is 0 Å². The predicted octanol–water partition coefficient (Wildman–Crippen LogP) is 0.934. The minimum atomic E-state index is -0.115. The van der Waals surface area contributed by atoms with Gasteiger partial charge >= 0.3 is 0 Å². The maximum atomic E-state index is 11.3. The van der Waals surface area contributed by atoms with Crippen molar-refractivity contribution in [1.29, 1.82) is 0 Å². The summed E-state index contributed by atoms with van der Waals surface area (Å²) in [6, 6.07) is 1.62. The minimum Gasteiger partial charge on any atom is -0.310 e. The molecular formula is C7H10N2OS. The number of nitrogens with one attached hydrogen (secondary N) is 1. The highest BCUT2D eigenvalue weighted by Crippen LogP contribution is 2.07. The van der Waals surface area contributed by atoms with Crippen molar-refractivity contribution in [3.05, 3.63) is 17.1 Å². The lowest BCUT2D eigenvalue weighted by Crippen LogP contribution is -2.30. The number of aromatic nitrogens is 1. The zero-order valence-electron chi connectivity index (χ0n) is 6.50. The van der Waals surface area contributed by atoms with E-state index in [2.05, 4.69) is 9.69 Å². The molecule has 4 heteroatoms. The average molecular weight is 170 g/mol.